The highest BCUT2D eigenvalue weighted by atomic mass is 16.1. The molecule has 0 fully saturated rings. The number of benzene rings is 1. The molecule has 1 rings (SSSR count). The van der Waals surface area contributed by atoms with Gasteiger partial charge in [0, 0.05) is 5.56 Å². The van der Waals surface area contributed by atoms with Crippen LogP contribution in [0.25, 0.3) is 0 Å². The Morgan fingerprint density at radius 1 is 1.50 bits per heavy atom. The maximum atomic E-state index is 11.9. The fourth-order valence-corrected chi connectivity index (χ4v) is 1.28. The molecule has 0 heterocycles. The zero-order valence-electron chi connectivity index (χ0n) is 9.00. The largest absolute Gasteiger partial charge is 0.319 e. The van der Waals surface area contributed by atoms with Crippen LogP contribution in [-0.4, -0.2) is 11.3 Å². The first-order valence-electron chi connectivity index (χ1n) is 4.87. The molecule has 1 aromatic rings. The molecule has 0 aliphatic heterocycles. The van der Waals surface area contributed by atoms with Gasteiger partial charge in [-0.15, -0.1) is 0 Å². The highest BCUT2D eigenvalue weighted by Crippen LogP contribution is 2.15. The molecular weight excluding hydrogens is 174 g/mol. The molecule has 1 aromatic carbocycles. The SMILES string of the molecule is CCC(C)(N)C(=O)c1cccc(C)c1. The summed E-state index contributed by atoms with van der Waals surface area (Å²) in [7, 11) is 0. The van der Waals surface area contributed by atoms with Gasteiger partial charge in [0.05, 0.1) is 5.54 Å². The number of aryl methyl sites for hydroxylation is 1. The number of hydrogen-bond donors (Lipinski definition) is 1. The van der Waals surface area contributed by atoms with Crippen molar-refractivity contribution in [3.05, 3.63) is 35.4 Å². The summed E-state index contributed by atoms with van der Waals surface area (Å²) in [6.07, 6.45) is 0.653. The second-order valence-corrected chi connectivity index (χ2v) is 3.97. The number of carbonyl (C=O) groups excluding carboxylic acids is 1. The molecule has 2 N–H and O–H groups in total. The maximum absolute atomic E-state index is 11.9. The molecule has 0 saturated heterocycles. The van der Waals surface area contributed by atoms with E-state index in [-0.39, 0.29) is 5.78 Å². The van der Waals surface area contributed by atoms with Crippen LogP contribution in [-0.2, 0) is 0 Å². The van der Waals surface area contributed by atoms with Crippen LogP contribution in [0, 0.1) is 6.92 Å². The lowest BCUT2D eigenvalue weighted by Crippen LogP contribution is -2.44. The summed E-state index contributed by atoms with van der Waals surface area (Å²) < 4.78 is 0. The van der Waals surface area contributed by atoms with E-state index >= 15 is 0 Å². The predicted octanol–water partition coefficient (Wildman–Crippen LogP) is 2.31. The van der Waals surface area contributed by atoms with E-state index in [0.717, 1.165) is 5.56 Å². The minimum atomic E-state index is -0.742. The predicted molar refractivity (Wildman–Crippen MR) is 58.4 cm³/mol. The highest BCUT2D eigenvalue weighted by molar-refractivity contribution is 6.02. The Balaban J connectivity index is 3.01. The quantitative estimate of drug-likeness (QED) is 0.745. The Labute approximate surface area is 85.1 Å². The smallest absolute Gasteiger partial charge is 0.182 e. The van der Waals surface area contributed by atoms with Crippen LogP contribution in [0.2, 0.25) is 0 Å². The van der Waals surface area contributed by atoms with Crippen LogP contribution in [0.3, 0.4) is 0 Å². The first-order valence-corrected chi connectivity index (χ1v) is 4.87. The molecule has 0 bridgehead atoms. The van der Waals surface area contributed by atoms with Gasteiger partial charge in [-0.25, -0.2) is 0 Å². The molecule has 0 aliphatic rings. The fourth-order valence-electron chi connectivity index (χ4n) is 1.28. The summed E-state index contributed by atoms with van der Waals surface area (Å²) >= 11 is 0. The molecule has 0 aliphatic carbocycles. The average molecular weight is 191 g/mol. The van der Waals surface area contributed by atoms with Crippen LogP contribution in [0.5, 0.6) is 0 Å². The van der Waals surface area contributed by atoms with Crippen molar-refractivity contribution in [1.29, 1.82) is 0 Å². The summed E-state index contributed by atoms with van der Waals surface area (Å²) in [4.78, 5) is 11.9. The number of hydrogen-bond acceptors (Lipinski definition) is 2. The van der Waals surface area contributed by atoms with Gasteiger partial charge in [0.2, 0.25) is 0 Å². The zero-order chi connectivity index (χ0) is 10.8. The monoisotopic (exact) mass is 191 g/mol. The van der Waals surface area contributed by atoms with Crippen molar-refractivity contribution in [2.45, 2.75) is 32.7 Å². The lowest BCUT2D eigenvalue weighted by Gasteiger charge is -2.20. The van der Waals surface area contributed by atoms with Crippen molar-refractivity contribution < 1.29 is 4.79 Å². The van der Waals surface area contributed by atoms with Gasteiger partial charge in [0.15, 0.2) is 5.78 Å². The third kappa shape index (κ3) is 2.20. The molecule has 14 heavy (non-hydrogen) atoms. The Morgan fingerprint density at radius 3 is 2.64 bits per heavy atom. The fraction of sp³-hybridized carbons (Fsp3) is 0.417. The van der Waals surface area contributed by atoms with E-state index in [1.165, 1.54) is 0 Å². The Kier molecular flexibility index (Phi) is 3.06. The first kappa shape index (κ1) is 10.9. The molecule has 0 spiro atoms. The van der Waals surface area contributed by atoms with E-state index in [0.29, 0.717) is 12.0 Å². The minimum Gasteiger partial charge on any atom is -0.319 e. The van der Waals surface area contributed by atoms with Crippen molar-refractivity contribution in [3.63, 3.8) is 0 Å². The van der Waals surface area contributed by atoms with Crippen LogP contribution in [0.15, 0.2) is 24.3 Å². The number of carbonyl (C=O) groups is 1. The molecule has 0 radical (unpaired) electrons. The van der Waals surface area contributed by atoms with Gasteiger partial charge < -0.3 is 5.73 Å². The molecule has 0 saturated carbocycles. The van der Waals surface area contributed by atoms with Gasteiger partial charge in [0.25, 0.3) is 0 Å². The molecule has 2 nitrogen and oxygen atoms in total. The van der Waals surface area contributed by atoms with Crippen molar-refractivity contribution in [1.82, 2.24) is 0 Å². The Bertz CT molecular complexity index is 342. The zero-order valence-corrected chi connectivity index (χ0v) is 9.00. The number of ketones is 1. The van der Waals surface area contributed by atoms with E-state index in [1.54, 1.807) is 6.92 Å². The third-order valence-electron chi connectivity index (χ3n) is 2.53. The molecule has 1 unspecified atom stereocenters. The average Bonchev–Trinajstić information content (AvgIpc) is 2.16. The molecule has 2 heteroatoms. The van der Waals surface area contributed by atoms with E-state index < -0.39 is 5.54 Å². The van der Waals surface area contributed by atoms with Gasteiger partial charge in [-0.05, 0) is 26.3 Å². The topological polar surface area (TPSA) is 43.1 Å². The van der Waals surface area contributed by atoms with Crippen LogP contribution in [0.1, 0.15) is 36.2 Å². The van der Waals surface area contributed by atoms with Crippen molar-refractivity contribution in [3.8, 4) is 0 Å². The van der Waals surface area contributed by atoms with Crippen LogP contribution < -0.4 is 5.73 Å². The summed E-state index contributed by atoms with van der Waals surface area (Å²) in [6, 6.07) is 7.55. The van der Waals surface area contributed by atoms with Crippen molar-refractivity contribution in [2.24, 2.45) is 5.73 Å². The van der Waals surface area contributed by atoms with Gasteiger partial charge in [-0.1, -0.05) is 30.7 Å². The highest BCUT2D eigenvalue weighted by Gasteiger charge is 2.26. The molecule has 0 amide bonds. The number of rotatable bonds is 3. The molecule has 0 aromatic heterocycles. The third-order valence-corrected chi connectivity index (χ3v) is 2.53. The van der Waals surface area contributed by atoms with Crippen LogP contribution in [0.4, 0.5) is 0 Å². The summed E-state index contributed by atoms with van der Waals surface area (Å²) in [5, 5.41) is 0. The number of Topliss-reactive ketones (excluding diaryl/α,β-unsaturated/α-hetero) is 1. The second kappa shape index (κ2) is 3.93. The second-order valence-electron chi connectivity index (χ2n) is 3.97. The van der Waals surface area contributed by atoms with E-state index in [2.05, 4.69) is 0 Å². The lowest BCUT2D eigenvalue weighted by molar-refractivity contribution is 0.0897. The maximum Gasteiger partial charge on any atom is 0.182 e. The van der Waals surface area contributed by atoms with Crippen LogP contribution >= 0.6 is 0 Å². The normalized spacial score (nSPS) is 14.9. The summed E-state index contributed by atoms with van der Waals surface area (Å²) in [5.41, 5.74) is 6.94. The van der Waals surface area contributed by atoms with Crippen molar-refractivity contribution in [2.75, 3.05) is 0 Å². The van der Waals surface area contributed by atoms with Gasteiger partial charge in [-0.2, -0.15) is 0 Å². The molecule has 1 atom stereocenters. The van der Waals surface area contributed by atoms with Gasteiger partial charge in [0.1, 0.15) is 0 Å². The summed E-state index contributed by atoms with van der Waals surface area (Å²) in [5.74, 6) is 0.0173. The molecule has 76 valence electrons. The first-order chi connectivity index (χ1) is 6.47. The summed E-state index contributed by atoms with van der Waals surface area (Å²) in [6.45, 7) is 5.67. The van der Waals surface area contributed by atoms with E-state index in [1.807, 2.05) is 38.1 Å². The van der Waals surface area contributed by atoms with E-state index in [4.69, 9.17) is 5.73 Å². The lowest BCUT2D eigenvalue weighted by atomic mass is 9.89. The van der Waals surface area contributed by atoms with Gasteiger partial charge >= 0.3 is 0 Å². The molecular formula is C12H17NO. The van der Waals surface area contributed by atoms with Crippen molar-refractivity contribution >= 4 is 5.78 Å². The van der Waals surface area contributed by atoms with Gasteiger partial charge in [-0.3, -0.25) is 4.79 Å². The standard InChI is InChI=1S/C12H17NO/c1-4-12(3,13)11(14)10-7-5-6-9(2)8-10/h5-8H,4,13H2,1-3H3. The Hall–Kier alpha value is -1.15. The number of nitrogens with two attached hydrogens (primary N) is 1. The van der Waals surface area contributed by atoms with E-state index in [9.17, 15) is 4.79 Å². The minimum absolute atomic E-state index is 0.0173. The Morgan fingerprint density at radius 2 is 2.14 bits per heavy atom.